The Morgan fingerprint density at radius 2 is 0.723 bits per heavy atom. The van der Waals surface area contributed by atoms with Gasteiger partial charge in [0.05, 0.1) is 52.5 Å². The molecule has 0 saturated carbocycles. The van der Waals surface area contributed by atoms with Gasteiger partial charge in [-0.05, 0) is 131 Å². The smallest absolute Gasteiger partial charge is 0.314 e. The van der Waals surface area contributed by atoms with E-state index in [4.69, 9.17) is 30.0 Å². The molecule has 2 atom stereocenters. The zero-order valence-corrected chi connectivity index (χ0v) is 39.8. The monoisotopic (exact) mass is 770 g/mol. The van der Waals surface area contributed by atoms with Crippen molar-refractivity contribution >= 4 is 50.9 Å². The van der Waals surface area contributed by atoms with Crippen LogP contribution in [0.5, 0.6) is 0 Å². The van der Waals surface area contributed by atoms with Crippen LogP contribution in [0.1, 0.15) is 40.5 Å². The van der Waals surface area contributed by atoms with Gasteiger partial charge in [-0.1, -0.05) is 0 Å². The summed E-state index contributed by atoms with van der Waals surface area (Å²) in [6.45, 7) is 47.5. The highest BCUT2D eigenvalue weighted by Crippen LogP contribution is 2.30. The zero-order valence-electron chi connectivity index (χ0n) is 33.8. The molecule has 2 fully saturated rings. The summed E-state index contributed by atoms with van der Waals surface area (Å²) in [5, 5.41) is 0. The van der Waals surface area contributed by atoms with Gasteiger partial charge < -0.3 is 39.0 Å². The van der Waals surface area contributed by atoms with Gasteiger partial charge in [0, 0.05) is 0 Å². The molecular formula is C32H78N2O7Si6+2. The Hall–Kier alpha value is 0.941. The predicted octanol–water partition coefficient (Wildman–Crippen LogP) is 7.58. The van der Waals surface area contributed by atoms with Gasteiger partial charge in [0.15, 0.2) is 16.6 Å². The first-order chi connectivity index (χ1) is 21.3. The summed E-state index contributed by atoms with van der Waals surface area (Å²) in [6, 6.07) is 2.29. The van der Waals surface area contributed by atoms with Gasteiger partial charge >= 0.3 is 34.2 Å². The number of ether oxygens (including phenoxy) is 2. The van der Waals surface area contributed by atoms with Crippen LogP contribution in [0.3, 0.4) is 0 Å². The van der Waals surface area contributed by atoms with Crippen molar-refractivity contribution in [2.24, 2.45) is 0 Å². The number of hydrogen-bond donors (Lipinski definition) is 0. The Balaban J connectivity index is 1.89. The van der Waals surface area contributed by atoms with Crippen LogP contribution in [0.25, 0.3) is 0 Å². The van der Waals surface area contributed by atoms with Crippen molar-refractivity contribution in [2.45, 2.75) is 143 Å². The highest BCUT2D eigenvalue weighted by atomic mass is 28.5. The summed E-state index contributed by atoms with van der Waals surface area (Å²) < 4.78 is 48.0. The van der Waals surface area contributed by atoms with Crippen LogP contribution in [0.2, 0.25) is 90.7 Å². The summed E-state index contributed by atoms with van der Waals surface area (Å²) >= 11 is 0. The number of nitrogens with zero attached hydrogens (tertiary/aromatic N) is 2. The normalized spacial score (nSPS) is 20.2. The Morgan fingerprint density at radius 1 is 0.468 bits per heavy atom. The molecule has 0 spiro atoms. The molecule has 0 N–H and O–H groups in total. The maximum Gasteiger partial charge on any atom is 0.314 e. The molecule has 47 heavy (non-hydrogen) atoms. The summed E-state index contributed by atoms with van der Waals surface area (Å²) in [4.78, 5) is 0. The molecule has 0 bridgehead atoms. The second-order valence-corrected chi connectivity index (χ2v) is 40.8. The minimum atomic E-state index is -2.53. The van der Waals surface area contributed by atoms with Crippen molar-refractivity contribution in [3.8, 4) is 0 Å². The average Bonchev–Trinajstić information content (AvgIpc) is 3.81. The van der Waals surface area contributed by atoms with E-state index in [1.165, 1.54) is 52.1 Å². The average molecular weight is 771 g/mol. The Labute approximate surface area is 297 Å². The van der Waals surface area contributed by atoms with Crippen LogP contribution in [-0.2, 0) is 30.0 Å². The molecule has 0 amide bonds. The number of epoxide rings is 2. The summed E-state index contributed by atoms with van der Waals surface area (Å²) in [5.41, 5.74) is 0. The predicted molar refractivity (Wildman–Crippen MR) is 211 cm³/mol. The Morgan fingerprint density at radius 3 is 0.957 bits per heavy atom. The van der Waals surface area contributed by atoms with E-state index >= 15 is 0 Å². The van der Waals surface area contributed by atoms with Gasteiger partial charge in [0.25, 0.3) is 0 Å². The summed E-state index contributed by atoms with van der Waals surface area (Å²) in [6.07, 6.45) is 3.32. The van der Waals surface area contributed by atoms with Crippen LogP contribution in [0, 0.1) is 0 Å². The first kappa shape index (κ1) is 44.1. The van der Waals surface area contributed by atoms with E-state index in [0.717, 1.165) is 47.4 Å². The van der Waals surface area contributed by atoms with E-state index in [2.05, 4.69) is 106 Å². The van der Waals surface area contributed by atoms with E-state index < -0.39 is 50.9 Å². The molecular weight excluding hydrogens is 693 g/mol. The molecule has 0 aromatic carbocycles. The van der Waals surface area contributed by atoms with Crippen molar-refractivity contribution in [3.63, 3.8) is 0 Å². The molecule has 2 saturated heterocycles. The molecule has 0 radical (unpaired) electrons. The highest BCUT2D eigenvalue weighted by Gasteiger charge is 2.47. The molecule has 2 rings (SSSR count). The van der Waals surface area contributed by atoms with Gasteiger partial charge in [-0.3, -0.25) is 0 Å². The Kier molecular flexibility index (Phi) is 16.1. The first-order valence-electron chi connectivity index (χ1n) is 18.8. The van der Waals surface area contributed by atoms with Crippen molar-refractivity contribution < 1.29 is 39.0 Å². The van der Waals surface area contributed by atoms with E-state index in [1.807, 2.05) is 0 Å². The minimum absolute atomic E-state index is 0.470. The standard InChI is InChI=1S/C32H78N2O7Si6/c1-17-33(18-2,27-31-29-35-31)23-21-25-42(5,6)37-44(9,10)39-46(13,14)41-47(15,16)40-45(11,12)38-43(7,8)26-22-24-34(19-3,20-4)28-32-30-36-32/h31-32H,17-30H2,1-16H3/q+2. The summed E-state index contributed by atoms with van der Waals surface area (Å²) in [7, 11) is -13.8. The lowest BCUT2D eigenvalue weighted by Crippen LogP contribution is -2.60. The van der Waals surface area contributed by atoms with Crippen LogP contribution >= 0.6 is 0 Å². The van der Waals surface area contributed by atoms with Crippen LogP contribution < -0.4 is 0 Å². The van der Waals surface area contributed by atoms with E-state index in [0.29, 0.717) is 12.2 Å². The lowest BCUT2D eigenvalue weighted by atomic mass is 10.2. The second-order valence-electron chi connectivity index (χ2n) is 17.5. The van der Waals surface area contributed by atoms with E-state index in [-0.39, 0.29) is 0 Å². The molecule has 2 unspecified atom stereocenters. The molecule has 2 aliphatic heterocycles. The molecule has 2 heterocycles. The topological polar surface area (TPSA) is 71.2 Å². The number of rotatable bonds is 26. The quantitative estimate of drug-likeness (QED) is 0.0511. The molecule has 0 aromatic heterocycles. The molecule has 2 aliphatic rings. The summed E-state index contributed by atoms with van der Waals surface area (Å²) in [5.74, 6) is 0. The van der Waals surface area contributed by atoms with Gasteiger partial charge in [0.1, 0.15) is 25.3 Å². The van der Waals surface area contributed by atoms with Crippen molar-refractivity contribution in [2.75, 3.05) is 65.6 Å². The van der Waals surface area contributed by atoms with Gasteiger partial charge in [-0.25, -0.2) is 0 Å². The number of quaternary nitrogens is 2. The van der Waals surface area contributed by atoms with Gasteiger partial charge in [0.2, 0.25) is 0 Å². The lowest BCUT2D eigenvalue weighted by Gasteiger charge is -2.43. The van der Waals surface area contributed by atoms with Crippen LogP contribution in [0.4, 0.5) is 0 Å². The maximum absolute atomic E-state index is 6.95. The lowest BCUT2D eigenvalue weighted by molar-refractivity contribution is -0.925. The SMILES string of the molecule is CC[N+](CC)(CCC[Si](C)(C)O[Si](C)(C)O[Si](C)(C)O[Si](C)(C)O[Si](C)(C)O[Si](C)(C)CCC[N+](CC)(CC)CC1CO1)CC1CO1. The first-order valence-corrected chi connectivity index (χ1v) is 36.3. The number of likely N-dealkylation sites (N-methyl/N-ethyl adjacent to an activating group) is 2. The van der Waals surface area contributed by atoms with Gasteiger partial charge in [-0.15, -0.1) is 0 Å². The third-order valence-electron chi connectivity index (χ3n) is 10.0. The van der Waals surface area contributed by atoms with Crippen molar-refractivity contribution in [3.05, 3.63) is 0 Å². The van der Waals surface area contributed by atoms with Crippen LogP contribution in [0.15, 0.2) is 0 Å². The molecule has 15 heteroatoms. The second kappa shape index (κ2) is 17.2. The van der Waals surface area contributed by atoms with Gasteiger partial charge in [-0.2, -0.15) is 0 Å². The molecule has 9 nitrogen and oxygen atoms in total. The third kappa shape index (κ3) is 16.9. The van der Waals surface area contributed by atoms with Crippen molar-refractivity contribution in [1.29, 1.82) is 0 Å². The fourth-order valence-corrected chi connectivity index (χ4v) is 37.8. The minimum Gasteiger partial charge on any atom is -0.436 e. The Bertz CT molecular complexity index is 880. The number of hydrogen-bond acceptors (Lipinski definition) is 7. The molecule has 280 valence electrons. The van der Waals surface area contributed by atoms with E-state index in [9.17, 15) is 0 Å². The fourth-order valence-electron chi connectivity index (χ4n) is 7.96. The molecule has 0 aromatic rings. The van der Waals surface area contributed by atoms with Crippen LogP contribution in [-0.4, -0.2) is 138 Å². The fraction of sp³-hybridized carbons (Fsp3) is 1.00. The maximum atomic E-state index is 6.95. The van der Waals surface area contributed by atoms with Crippen molar-refractivity contribution in [1.82, 2.24) is 0 Å². The largest absolute Gasteiger partial charge is 0.436 e. The zero-order chi connectivity index (χ0) is 36.0. The third-order valence-corrected chi connectivity index (χ3v) is 33.3. The van der Waals surface area contributed by atoms with E-state index in [1.54, 1.807) is 0 Å². The molecule has 0 aliphatic carbocycles. The highest BCUT2D eigenvalue weighted by molar-refractivity contribution is 6.91.